The fourth-order valence-corrected chi connectivity index (χ4v) is 2.20. The van der Waals surface area contributed by atoms with Gasteiger partial charge in [0.1, 0.15) is 0 Å². The van der Waals surface area contributed by atoms with Crippen molar-refractivity contribution in [3.8, 4) is 0 Å². The third-order valence-corrected chi connectivity index (χ3v) is 3.15. The van der Waals surface area contributed by atoms with E-state index < -0.39 is 5.97 Å². The van der Waals surface area contributed by atoms with Gasteiger partial charge in [-0.15, -0.1) is 0 Å². The number of aryl methyl sites for hydroxylation is 1. The lowest BCUT2D eigenvalue weighted by molar-refractivity contribution is -0.131. The molecule has 0 saturated heterocycles. The number of hydrogen-bond acceptors (Lipinski definition) is 2. The van der Waals surface area contributed by atoms with Gasteiger partial charge in [0.2, 0.25) is 0 Å². The Balaban J connectivity index is 2.86. The number of rotatable bonds is 6. The Hall–Kier alpha value is -2.10. The lowest BCUT2D eigenvalue weighted by atomic mass is 10.0. The molecule has 0 aliphatic carbocycles. The first kappa shape index (κ1) is 17.0. The maximum absolute atomic E-state index is 12.2. The fraction of sp³-hybridized carbons (Fsp3) is 0.412. The fourth-order valence-electron chi connectivity index (χ4n) is 2.20. The van der Waals surface area contributed by atoms with Gasteiger partial charge in [0.05, 0.1) is 0 Å². The molecule has 0 aliphatic heterocycles. The minimum absolute atomic E-state index is 0.108. The molecule has 1 unspecified atom stereocenters. The highest BCUT2D eigenvalue weighted by atomic mass is 16.4. The predicted molar refractivity (Wildman–Crippen MR) is 84.2 cm³/mol. The van der Waals surface area contributed by atoms with Gasteiger partial charge in [-0.3, -0.25) is 4.79 Å². The Kier molecular flexibility index (Phi) is 6.15. The quantitative estimate of drug-likeness (QED) is 0.790. The van der Waals surface area contributed by atoms with Gasteiger partial charge in [0.25, 0.3) is 5.91 Å². The summed E-state index contributed by atoms with van der Waals surface area (Å²) in [5.74, 6) is -0.615. The zero-order valence-corrected chi connectivity index (χ0v) is 13.0. The molecule has 114 valence electrons. The second-order valence-corrected chi connectivity index (χ2v) is 5.75. The maximum Gasteiger partial charge on any atom is 0.328 e. The Morgan fingerprint density at radius 2 is 1.95 bits per heavy atom. The molecule has 1 amide bonds. The van der Waals surface area contributed by atoms with E-state index in [1.54, 1.807) is 12.1 Å². The van der Waals surface area contributed by atoms with Crippen molar-refractivity contribution in [2.24, 2.45) is 5.92 Å². The third kappa shape index (κ3) is 5.81. The van der Waals surface area contributed by atoms with Crippen LogP contribution >= 0.6 is 0 Å². The Bertz CT molecular complexity index is 547. The highest BCUT2D eigenvalue weighted by Crippen LogP contribution is 2.14. The predicted octanol–water partition coefficient (Wildman–Crippen LogP) is 3.26. The van der Waals surface area contributed by atoms with Gasteiger partial charge >= 0.3 is 5.97 Å². The van der Waals surface area contributed by atoms with E-state index in [1.165, 1.54) is 6.08 Å². The molecule has 1 atom stereocenters. The molecule has 0 fully saturated rings. The average Bonchev–Trinajstić information content (AvgIpc) is 2.36. The van der Waals surface area contributed by atoms with Crippen LogP contribution in [0.3, 0.4) is 0 Å². The first-order chi connectivity index (χ1) is 9.79. The molecule has 4 heteroatoms. The van der Waals surface area contributed by atoms with Crippen molar-refractivity contribution in [2.45, 2.75) is 40.2 Å². The molecular formula is C17H23NO3. The summed E-state index contributed by atoms with van der Waals surface area (Å²) in [5, 5.41) is 11.6. The van der Waals surface area contributed by atoms with E-state index in [-0.39, 0.29) is 11.9 Å². The minimum atomic E-state index is -1.00. The molecule has 0 heterocycles. The van der Waals surface area contributed by atoms with Gasteiger partial charge in [-0.2, -0.15) is 0 Å². The van der Waals surface area contributed by atoms with E-state index in [0.717, 1.165) is 23.6 Å². The lowest BCUT2D eigenvalue weighted by Gasteiger charge is -2.16. The number of amides is 1. The van der Waals surface area contributed by atoms with Crippen molar-refractivity contribution in [1.29, 1.82) is 0 Å². The molecule has 0 saturated carbocycles. The summed E-state index contributed by atoms with van der Waals surface area (Å²) in [6, 6.07) is 5.40. The summed E-state index contributed by atoms with van der Waals surface area (Å²) in [6.45, 7) is 8.09. The monoisotopic (exact) mass is 289 g/mol. The van der Waals surface area contributed by atoms with Crippen molar-refractivity contribution in [3.05, 3.63) is 41.0 Å². The van der Waals surface area contributed by atoms with Gasteiger partial charge in [-0.25, -0.2) is 4.79 Å². The van der Waals surface area contributed by atoms with Crippen LogP contribution in [-0.4, -0.2) is 23.0 Å². The van der Waals surface area contributed by atoms with Crippen molar-refractivity contribution in [2.75, 3.05) is 0 Å². The number of hydrogen-bond donors (Lipinski definition) is 2. The third-order valence-electron chi connectivity index (χ3n) is 3.15. The van der Waals surface area contributed by atoms with Crippen LogP contribution in [0.5, 0.6) is 0 Å². The SMILES string of the molecule is Cc1ccc(C(=O)NC(C)CC(C)C)cc1/C=C/C(=O)O. The van der Waals surface area contributed by atoms with Crippen molar-refractivity contribution in [3.63, 3.8) is 0 Å². The van der Waals surface area contributed by atoms with Crippen LogP contribution < -0.4 is 5.32 Å². The number of carbonyl (C=O) groups excluding carboxylic acids is 1. The Morgan fingerprint density at radius 1 is 1.29 bits per heavy atom. The van der Waals surface area contributed by atoms with Crippen LogP contribution in [0.1, 0.15) is 48.7 Å². The van der Waals surface area contributed by atoms with Crippen LogP contribution in [0.25, 0.3) is 6.08 Å². The molecule has 21 heavy (non-hydrogen) atoms. The summed E-state index contributed by atoms with van der Waals surface area (Å²) in [7, 11) is 0. The topological polar surface area (TPSA) is 66.4 Å². The van der Waals surface area contributed by atoms with Gasteiger partial charge in [-0.1, -0.05) is 19.9 Å². The highest BCUT2D eigenvalue weighted by Gasteiger charge is 2.11. The molecule has 2 N–H and O–H groups in total. The van der Waals surface area contributed by atoms with Crippen molar-refractivity contribution in [1.82, 2.24) is 5.32 Å². The average molecular weight is 289 g/mol. The number of benzene rings is 1. The molecule has 1 aromatic carbocycles. The summed E-state index contributed by atoms with van der Waals surface area (Å²) >= 11 is 0. The first-order valence-electron chi connectivity index (χ1n) is 7.12. The summed E-state index contributed by atoms with van der Waals surface area (Å²) in [6.07, 6.45) is 3.50. The number of carbonyl (C=O) groups is 2. The Labute approximate surface area is 125 Å². The molecule has 4 nitrogen and oxygen atoms in total. The Morgan fingerprint density at radius 3 is 2.52 bits per heavy atom. The highest BCUT2D eigenvalue weighted by molar-refractivity contribution is 5.95. The van der Waals surface area contributed by atoms with E-state index in [2.05, 4.69) is 19.2 Å². The van der Waals surface area contributed by atoms with Crippen molar-refractivity contribution >= 4 is 18.0 Å². The molecule has 1 aromatic rings. The van der Waals surface area contributed by atoms with E-state index in [9.17, 15) is 9.59 Å². The number of aliphatic carboxylic acids is 1. The first-order valence-corrected chi connectivity index (χ1v) is 7.12. The largest absolute Gasteiger partial charge is 0.478 e. The lowest BCUT2D eigenvalue weighted by Crippen LogP contribution is -2.33. The van der Waals surface area contributed by atoms with Crippen molar-refractivity contribution < 1.29 is 14.7 Å². The minimum Gasteiger partial charge on any atom is -0.478 e. The molecule has 0 bridgehead atoms. The molecule has 0 aromatic heterocycles. The number of nitrogens with one attached hydrogen (secondary N) is 1. The summed E-state index contributed by atoms with van der Waals surface area (Å²) < 4.78 is 0. The van der Waals surface area contributed by atoms with E-state index in [4.69, 9.17) is 5.11 Å². The van der Waals surface area contributed by atoms with Crippen LogP contribution in [0.2, 0.25) is 0 Å². The van der Waals surface area contributed by atoms with Gasteiger partial charge in [0, 0.05) is 17.7 Å². The van der Waals surface area contributed by atoms with E-state index in [0.29, 0.717) is 11.5 Å². The van der Waals surface area contributed by atoms with Crippen LogP contribution in [0.4, 0.5) is 0 Å². The zero-order chi connectivity index (χ0) is 16.0. The summed E-state index contributed by atoms with van der Waals surface area (Å²) in [5.41, 5.74) is 2.21. The second-order valence-electron chi connectivity index (χ2n) is 5.75. The standard InChI is InChI=1S/C17H23NO3/c1-11(2)9-13(4)18-17(21)15-6-5-12(3)14(10-15)7-8-16(19)20/h5-8,10-11,13H,9H2,1-4H3,(H,18,21)(H,19,20)/b8-7+. The van der Waals surface area contributed by atoms with Crippen LogP contribution in [0.15, 0.2) is 24.3 Å². The summed E-state index contributed by atoms with van der Waals surface area (Å²) in [4.78, 5) is 22.8. The van der Waals surface area contributed by atoms with E-state index >= 15 is 0 Å². The van der Waals surface area contributed by atoms with E-state index in [1.807, 2.05) is 19.9 Å². The zero-order valence-electron chi connectivity index (χ0n) is 13.0. The molecule has 0 radical (unpaired) electrons. The van der Waals surface area contributed by atoms with Gasteiger partial charge in [0.15, 0.2) is 0 Å². The molecule has 0 spiro atoms. The molecule has 0 aliphatic rings. The smallest absolute Gasteiger partial charge is 0.328 e. The second kappa shape index (κ2) is 7.62. The normalized spacial score (nSPS) is 12.6. The number of carboxylic acids is 1. The van der Waals surface area contributed by atoms with Crippen LogP contribution in [0, 0.1) is 12.8 Å². The molecular weight excluding hydrogens is 266 g/mol. The van der Waals surface area contributed by atoms with Gasteiger partial charge in [-0.05, 0) is 55.5 Å². The molecule has 1 rings (SSSR count). The van der Waals surface area contributed by atoms with Crippen LogP contribution in [-0.2, 0) is 4.79 Å². The maximum atomic E-state index is 12.2. The number of carboxylic acid groups (broad SMARTS) is 1. The van der Waals surface area contributed by atoms with Gasteiger partial charge < -0.3 is 10.4 Å².